The highest BCUT2D eigenvalue weighted by Crippen LogP contribution is 2.43. The molecule has 5 rings (SSSR count). The largest absolute Gasteiger partial charge is 0.508 e. The zero-order chi connectivity index (χ0) is 22.8. The molecule has 2 aromatic heterocycles. The molecular weight excluding hydrogens is 434 g/mol. The van der Waals surface area contributed by atoms with Gasteiger partial charge in [-0.1, -0.05) is 6.07 Å². The van der Waals surface area contributed by atoms with Crippen LogP contribution in [0.4, 0.5) is 5.69 Å². The highest BCUT2D eigenvalue weighted by atomic mass is 32.1. The van der Waals surface area contributed by atoms with Crippen LogP contribution in [0.15, 0.2) is 89.5 Å². The summed E-state index contributed by atoms with van der Waals surface area (Å²) in [6.45, 7) is 2.59. The summed E-state index contributed by atoms with van der Waals surface area (Å²) >= 11 is 5.72. The van der Waals surface area contributed by atoms with Gasteiger partial charge >= 0.3 is 0 Å². The van der Waals surface area contributed by atoms with Crippen LogP contribution in [0, 0.1) is 0 Å². The third kappa shape index (κ3) is 4.15. The molecule has 7 heteroatoms. The molecule has 166 valence electrons. The van der Waals surface area contributed by atoms with E-state index in [1.807, 2.05) is 78.6 Å². The molecule has 1 aliphatic rings. The van der Waals surface area contributed by atoms with Gasteiger partial charge in [0.05, 0.1) is 18.3 Å². The number of nitrogens with zero attached hydrogens (tertiary/aromatic N) is 2. The Labute approximate surface area is 197 Å². The minimum absolute atomic E-state index is 0.199. The van der Waals surface area contributed by atoms with Gasteiger partial charge in [-0.25, -0.2) is 0 Å². The van der Waals surface area contributed by atoms with Crippen molar-refractivity contribution >= 4 is 23.0 Å². The van der Waals surface area contributed by atoms with Gasteiger partial charge in [-0.05, 0) is 91.9 Å². The van der Waals surface area contributed by atoms with Crippen molar-refractivity contribution in [1.29, 1.82) is 0 Å². The summed E-state index contributed by atoms with van der Waals surface area (Å²) in [5, 5.41) is 13.7. The number of anilines is 1. The van der Waals surface area contributed by atoms with Crippen molar-refractivity contribution in [2.24, 2.45) is 0 Å². The second-order valence-electron chi connectivity index (χ2n) is 7.67. The Bertz CT molecular complexity index is 1240. The summed E-state index contributed by atoms with van der Waals surface area (Å²) in [5.41, 5.74) is 2.68. The molecule has 2 atom stereocenters. The zero-order valence-corrected chi connectivity index (χ0v) is 18.8. The van der Waals surface area contributed by atoms with Crippen molar-refractivity contribution in [2.45, 2.75) is 19.0 Å². The monoisotopic (exact) mass is 457 g/mol. The molecule has 0 unspecified atom stereocenters. The molecule has 6 nitrogen and oxygen atoms in total. The van der Waals surface area contributed by atoms with E-state index in [1.165, 1.54) is 0 Å². The maximum Gasteiger partial charge on any atom is 0.174 e. The van der Waals surface area contributed by atoms with Crippen molar-refractivity contribution < 1.29 is 14.3 Å². The van der Waals surface area contributed by atoms with Gasteiger partial charge in [0.2, 0.25) is 0 Å². The molecule has 0 radical (unpaired) electrons. The van der Waals surface area contributed by atoms with Crippen LogP contribution in [0.2, 0.25) is 0 Å². The first-order chi connectivity index (χ1) is 16.1. The number of furan rings is 1. The quantitative estimate of drug-likeness (QED) is 0.364. The maximum absolute atomic E-state index is 9.76. The number of rotatable bonds is 6. The predicted molar refractivity (Wildman–Crippen MR) is 131 cm³/mol. The van der Waals surface area contributed by atoms with E-state index < -0.39 is 0 Å². The van der Waals surface area contributed by atoms with Gasteiger partial charge in [0.1, 0.15) is 29.1 Å². The van der Waals surface area contributed by atoms with Crippen LogP contribution in [0.25, 0.3) is 11.3 Å². The molecule has 2 aromatic carbocycles. The van der Waals surface area contributed by atoms with Gasteiger partial charge < -0.3 is 24.5 Å². The van der Waals surface area contributed by atoms with Gasteiger partial charge in [0, 0.05) is 17.4 Å². The first-order valence-corrected chi connectivity index (χ1v) is 11.2. The molecular formula is C26H23N3O3S. The highest BCUT2D eigenvalue weighted by Gasteiger charge is 2.42. The predicted octanol–water partition coefficient (Wildman–Crippen LogP) is 5.62. The zero-order valence-electron chi connectivity index (χ0n) is 18.0. The summed E-state index contributed by atoms with van der Waals surface area (Å²) in [7, 11) is 0. The lowest BCUT2D eigenvalue weighted by Gasteiger charge is -2.26. The van der Waals surface area contributed by atoms with Crippen LogP contribution in [-0.2, 0) is 0 Å². The number of aromatic hydroxyl groups is 1. The van der Waals surface area contributed by atoms with Crippen LogP contribution in [0.1, 0.15) is 30.5 Å². The maximum atomic E-state index is 9.76. The molecule has 0 amide bonds. The standard InChI is InChI=1S/C26H23N3O3S/c1-2-31-20-12-6-17(7-13-20)22-14-15-23(32-22)25-24(21-5-3-4-16-27-21)28-26(33)29(25)18-8-10-19(30)11-9-18/h3-16,24-25,30H,2H2,1H3,(H,28,33)/t24-,25+/m0/s1. The summed E-state index contributed by atoms with van der Waals surface area (Å²) in [5.74, 6) is 2.55. The molecule has 0 bridgehead atoms. The van der Waals surface area contributed by atoms with Crippen molar-refractivity contribution in [2.75, 3.05) is 11.5 Å². The summed E-state index contributed by atoms with van der Waals surface area (Å²) < 4.78 is 11.9. The van der Waals surface area contributed by atoms with Gasteiger partial charge in [-0.15, -0.1) is 0 Å². The molecule has 1 aliphatic heterocycles. The van der Waals surface area contributed by atoms with Gasteiger partial charge in [0.15, 0.2) is 5.11 Å². The number of benzene rings is 2. The minimum Gasteiger partial charge on any atom is -0.508 e. The van der Waals surface area contributed by atoms with E-state index in [9.17, 15) is 5.11 Å². The Balaban J connectivity index is 1.54. The second kappa shape index (κ2) is 8.96. The van der Waals surface area contributed by atoms with Gasteiger partial charge in [-0.2, -0.15) is 0 Å². The number of nitrogens with one attached hydrogen (secondary N) is 1. The number of hydrogen-bond acceptors (Lipinski definition) is 5. The lowest BCUT2D eigenvalue weighted by molar-refractivity contribution is 0.340. The topological polar surface area (TPSA) is 70.8 Å². The van der Waals surface area contributed by atoms with Crippen molar-refractivity contribution in [3.8, 4) is 22.8 Å². The number of pyridine rings is 1. The lowest BCUT2D eigenvalue weighted by Crippen LogP contribution is -2.29. The third-order valence-corrected chi connectivity index (χ3v) is 5.91. The van der Waals surface area contributed by atoms with Crippen molar-refractivity contribution in [3.63, 3.8) is 0 Å². The lowest BCUT2D eigenvalue weighted by atomic mass is 10.0. The normalized spacial score (nSPS) is 17.7. The Morgan fingerprint density at radius 3 is 2.52 bits per heavy atom. The number of aromatic nitrogens is 1. The van der Waals surface area contributed by atoms with E-state index in [4.69, 9.17) is 21.4 Å². The molecule has 1 saturated heterocycles. The SMILES string of the molecule is CCOc1ccc(-c2ccc([C@@H]3[C@H](c4ccccn4)NC(=S)N3c3ccc(O)cc3)o2)cc1. The Kier molecular flexibility index (Phi) is 5.71. The molecule has 1 fully saturated rings. The number of hydrogen-bond donors (Lipinski definition) is 2. The second-order valence-corrected chi connectivity index (χ2v) is 8.06. The van der Waals surface area contributed by atoms with Crippen molar-refractivity contribution in [1.82, 2.24) is 10.3 Å². The molecule has 0 saturated carbocycles. The minimum atomic E-state index is -0.256. The van der Waals surface area contributed by atoms with E-state index in [0.29, 0.717) is 11.7 Å². The van der Waals surface area contributed by atoms with Crippen LogP contribution in [0.5, 0.6) is 11.5 Å². The first kappa shape index (κ1) is 21.0. The number of phenols is 1. The Hall–Kier alpha value is -3.84. The number of ether oxygens (including phenoxy) is 1. The molecule has 4 aromatic rings. The molecule has 2 N–H and O–H groups in total. The summed E-state index contributed by atoms with van der Waals surface area (Å²) in [6.07, 6.45) is 1.77. The number of thiocarbonyl (C=S) groups is 1. The van der Waals surface area contributed by atoms with Crippen molar-refractivity contribution in [3.05, 3.63) is 96.5 Å². The van der Waals surface area contributed by atoms with Crippen LogP contribution in [0.3, 0.4) is 0 Å². The van der Waals surface area contributed by atoms with E-state index >= 15 is 0 Å². The molecule has 3 heterocycles. The highest BCUT2D eigenvalue weighted by molar-refractivity contribution is 7.80. The summed E-state index contributed by atoms with van der Waals surface area (Å²) in [6, 6.07) is 24.1. The average molecular weight is 458 g/mol. The molecule has 0 spiro atoms. The van der Waals surface area contributed by atoms with E-state index in [0.717, 1.165) is 34.2 Å². The Morgan fingerprint density at radius 1 is 1.03 bits per heavy atom. The molecule has 0 aliphatic carbocycles. The Morgan fingerprint density at radius 2 is 1.82 bits per heavy atom. The fraction of sp³-hybridized carbons (Fsp3) is 0.154. The fourth-order valence-corrected chi connectivity index (χ4v) is 4.43. The fourth-order valence-electron chi connectivity index (χ4n) is 4.08. The first-order valence-electron chi connectivity index (χ1n) is 10.8. The van der Waals surface area contributed by atoms with Crippen LogP contribution < -0.4 is 15.0 Å². The summed E-state index contributed by atoms with van der Waals surface area (Å²) in [4.78, 5) is 6.57. The van der Waals surface area contributed by atoms with Gasteiger partial charge in [-0.3, -0.25) is 4.98 Å². The average Bonchev–Trinajstić information content (AvgIpc) is 3.46. The van der Waals surface area contributed by atoms with E-state index in [1.54, 1.807) is 18.3 Å². The number of phenolic OH excluding ortho intramolecular Hbond substituents is 1. The van der Waals surface area contributed by atoms with Crippen LogP contribution in [-0.4, -0.2) is 21.8 Å². The van der Waals surface area contributed by atoms with Gasteiger partial charge in [0.25, 0.3) is 0 Å². The van der Waals surface area contributed by atoms with E-state index in [-0.39, 0.29) is 17.8 Å². The molecule has 33 heavy (non-hydrogen) atoms. The van der Waals surface area contributed by atoms with E-state index in [2.05, 4.69) is 10.3 Å². The smallest absolute Gasteiger partial charge is 0.174 e. The third-order valence-electron chi connectivity index (χ3n) is 5.59. The van der Waals surface area contributed by atoms with Crippen LogP contribution >= 0.6 is 12.2 Å².